The predicted octanol–water partition coefficient (Wildman–Crippen LogP) is 6.78. The first-order valence-corrected chi connectivity index (χ1v) is 13.3. The Bertz CT molecular complexity index is 1630. The molecule has 5 rings (SSSR count). The molecule has 1 saturated heterocycles. The lowest BCUT2D eigenvalue weighted by Gasteiger charge is -2.26. The zero-order valence-corrected chi connectivity index (χ0v) is 23.3. The number of hydrogen-bond donors (Lipinski definition) is 1. The molecule has 0 saturated carbocycles. The van der Waals surface area contributed by atoms with E-state index >= 15 is 0 Å². The van der Waals surface area contributed by atoms with Gasteiger partial charge in [0.05, 0.1) is 5.69 Å². The number of amides is 4. The van der Waals surface area contributed by atoms with E-state index in [0.717, 1.165) is 16.0 Å². The Morgan fingerprint density at radius 3 is 2.05 bits per heavy atom. The molecule has 0 aromatic heterocycles. The third-order valence-electron chi connectivity index (χ3n) is 6.43. The standard InChI is InChI=1S/C33H27ClN2O5/c1-21-15-22(2)17-24(16-21)19-40-27-11-7-23(8-12-27)18-29-31(37)35-33(39)36(32(29)38)26-9-13-28(14-10-26)41-20-25-5-3-4-6-30(25)34/h3-18H,19-20H2,1-2H3,(H,35,37,39)/b29-18+. The van der Waals surface area contributed by atoms with Gasteiger partial charge >= 0.3 is 6.03 Å². The van der Waals surface area contributed by atoms with Gasteiger partial charge in [-0.25, -0.2) is 9.69 Å². The Hall–Kier alpha value is -4.88. The monoisotopic (exact) mass is 566 g/mol. The Morgan fingerprint density at radius 1 is 0.780 bits per heavy atom. The molecule has 1 aliphatic rings. The number of anilines is 1. The van der Waals surface area contributed by atoms with Crippen LogP contribution in [0.4, 0.5) is 10.5 Å². The van der Waals surface area contributed by atoms with Crippen molar-refractivity contribution in [3.05, 3.63) is 129 Å². The van der Waals surface area contributed by atoms with E-state index in [4.69, 9.17) is 21.1 Å². The van der Waals surface area contributed by atoms with E-state index in [1.807, 2.05) is 32.0 Å². The highest BCUT2D eigenvalue weighted by Gasteiger charge is 2.36. The van der Waals surface area contributed by atoms with Crippen molar-refractivity contribution in [2.75, 3.05) is 4.90 Å². The predicted molar refractivity (Wildman–Crippen MR) is 158 cm³/mol. The molecule has 4 amide bonds. The first-order valence-electron chi connectivity index (χ1n) is 12.9. The van der Waals surface area contributed by atoms with Gasteiger partial charge in [-0.1, -0.05) is 71.3 Å². The molecule has 0 spiro atoms. The summed E-state index contributed by atoms with van der Waals surface area (Å²) in [5.41, 5.74) is 5.00. The molecule has 1 heterocycles. The molecule has 0 bridgehead atoms. The van der Waals surface area contributed by atoms with Crippen LogP contribution in [0.5, 0.6) is 11.5 Å². The van der Waals surface area contributed by atoms with Gasteiger partial charge < -0.3 is 9.47 Å². The molecule has 4 aromatic carbocycles. The molecule has 0 radical (unpaired) electrons. The largest absolute Gasteiger partial charge is 0.489 e. The van der Waals surface area contributed by atoms with Gasteiger partial charge in [0.2, 0.25) is 0 Å². The fourth-order valence-corrected chi connectivity index (χ4v) is 4.70. The third kappa shape index (κ3) is 6.65. The molecule has 0 atom stereocenters. The zero-order chi connectivity index (χ0) is 28.9. The number of carbonyl (C=O) groups is 3. The average molecular weight is 567 g/mol. The van der Waals surface area contributed by atoms with Crippen molar-refractivity contribution >= 4 is 41.2 Å². The maximum atomic E-state index is 13.3. The fraction of sp³-hybridized carbons (Fsp3) is 0.121. The molecule has 4 aromatic rings. The Kier molecular flexibility index (Phi) is 8.17. The van der Waals surface area contributed by atoms with Crippen LogP contribution in [0.15, 0.2) is 96.6 Å². The number of nitrogens with one attached hydrogen (secondary N) is 1. The first-order chi connectivity index (χ1) is 19.8. The number of rotatable bonds is 8. The van der Waals surface area contributed by atoms with E-state index in [9.17, 15) is 14.4 Å². The lowest BCUT2D eigenvalue weighted by molar-refractivity contribution is -0.122. The van der Waals surface area contributed by atoms with Gasteiger partial charge in [-0.15, -0.1) is 0 Å². The zero-order valence-electron chi connectivity index (χ0n) is 22.5. The average Bonchev–Trinajstić information content (AvgIpc) is 2.94. The molecule has 1 fully saturated rings. The molecule has 1 N–H and O–H groups in total. The van der Waals surface area contributed by atoms with Crippen LogP contribution in [0.25, 0.3) is 6.08 Å². The minimum Gasteiger partial charge on any atom is -0.489 e. The van der Waals surface area contributed by atoms with Gasteiger partial charge in [-0.3, -0.25) is 14.9 Å². The smallest absolute Gasteiger partial charge is 0.335 e. The Morgan fingerprint density at radius 2 is 1.39 bits per heavy atom. The van der Waals surface area contributed by atoms with Crippen LogP contribution in [0.2, 0.25) is 5.02 Å². The second-order valence-corrected chi connectivity index (χ2v) is 10.1. The van der Waals surface area contributed by atoms with E-state index in [1.54, 1.807) is 54.6 Å². The van der Waals surface area contributed by atoms with Crippen molar-refractivity contribution < 1.29 is 23.9 Å². The minimum atomic E-state index is -0.822. The van der Waals surface area contributed by atoms with Gasteiger partial charge in [-0.2, -0.15) is 0 Å². The summed E-state index contributed by atoms with van der Waals surface area (Å²) in [6.07, 6.45) is 1.45. The van der Waals surface area contributed by atoms with Gasteiger partial charge in [0.25, 0.3) is 11.8 Å². The molecule has 1 aliphatic heterocycles. The van der Waals surface area contributed by atoms with Crippen molar-refractivity contribution in [3.63, 3.8) is 0 Å². The number of benzene rings is 4. The highest BCUT2D eigenvalue weighted by atomic mass is 35.5. The summed E-state index contributed by atoms with van der Waals surface area (Å²) in [6, 6.07) is 26.3. The number of ether oxygens (including phenoxy) is 2. The minimum absolute atomic E-state index is 0.160. The van der Waals surface area contributed by atoms with Gasteiger partial charge in [-0.05, 0) is 73.5 Å². The number of hydrogen-bond acceptors (Lipinski definition) is 5. The summed E-state index contributed by atoms with van der Waals surface area (Å²) >= 11 is 6.18. The first kappa shape index (κ1) is 27.7. The Balaban J connectivity index is 1.26. The van der Waals surface area contributed by atoms with Gasteiger partial charge in [0.1, 0.15) is 30.3 Å². The molecule has 7 nitrogen and oxygen atoms in total. The van der Waals surface area contributed by atoms with Crippen LogP contribution in [-0.4, -0.2) is 17.8 Å². The fourth-order valence-electron chi connectivity index (χ4n) is 4.51. The number of halogens is 1. The van der Waals surface area contributed by atoms with Crippen LogP contribution in [-0.2, 0) is 22.8 Å². The second-order valence-electron chi connectivity index (χ2n) is 9.69. The van der Waals surface area contributed by atoms with Crippen molar-refractivity contribution in [1.29, 1.82) is 0 Å². The summed E-state index contributed by atoms with van der Waals surface area (Å²) in [4.78, 5) is 39.4. The quantitative estimate of drug-likeness (QED) is 0.188. The van der Waals surface area contributed by atoms with Crippen LogP contribution in [0.3, 0.4) is 0 Å². The molecule has 0 aliphatic carbocycles. The maximum absolute atomic E-state index is 13.3. The van der Waals surface area contributed by atoms with Gasteiger partial charge in [0.15, 0.2) is 0 Å². The summed E-state index contributed by atoms with van der Waals surface area (Å²) in [7, 11) is 0. The van der Waals surface area contributed by atoms with Crippen molar-refractivity contribution in [1.82, 2.24) is 5.32 Å². The molecule has 8 heteroatoms. The number of barbiturate groups is 1. The maximum Gasteiger partial charge on any atom is 0.335 e. The van der Waals surface area contributed by atoms with Crippen LogP contribution in [0.1, 0.15) is 27.8 Å². The lowest BCUT2D eigenvalue weighted by Crippen LogP contribution is -2.54. The number of carbonyl (C=O) groups excluding carboxylic acids is 3. The molecular weight excluding hydrogens is 540 g/mol. The number of urea groups is 1. The highest BCUT2D eigenvalue weighted by molar-refractivity contribution is 6.39. The highest BCUT2D eigenvalue weighted by Crippen LogP contribution is 2.26. The third-order valence-corrected chi connectivity index (χ3v) is 6.80. The number of aryl methyl sites for hydroxylation is 2. The molecule has 206 valence electrons. The number of nitrogens with zero attached hydrogens (tertiary/aromatic N) is 1. The summed E-state index contributed by atoms with van der Waals surface area (Å²) in [5.74, 6) is -0.297. The molecule has 41 heavy (non-hydrogen) atoms. The second kappa shape index (κ2) is 12.1. The van der Waals surface area contributed by atoms with Crippen molar-refractivity contribution in [2.45, 2.75) is 27.1 Å². The molecular formula is C33H27ClN2O5. The summed E-state index contributed by atoms with van der Waals surface area (Å²) < 4.78 is 11.7. The van der Waals surface area contributed by atoms with E-state index in [2.05, 4.69) is 23.5 Å². The van der Waals surface area contributed by atoms with Crippen LogP contribution in [0, 0.1) is 13.8 Å². The van der Waals surface area contributed by atoms with E-state index in [1.165, 1.54) is 17.2 Å². The van der Waals surface area contributed by atoms with Crippen LogP contribution < -0.4 is 19.7 Å². The van der Waals surface area contributed by atoms with E-state index in [0.29, 0.717) is 34.4 Å². The number of imide groups is 2. The van der Waals surface area contributed by atoms with Crippen molar-refractivity contribution in [2.24, 2.45) is 0 Å². The van der Waals surface area contributed by atoms with Crippen molar-refractivity contribution in [3.8, 4) is 11.5 Å². The lowest BCUT2D eigenvalue weighted by atomic mass is 10.1. The van der Waals surface area contributed by atoms with Gasteiger partial charge in [0, 0.05) is 10.6 Å². The van der Waals surface area contributed by atoms with E-state index < -0.39 is 17.8 Å². The normalized spacial score (nSPS) is 14.3. The summed E-state index contributed by atoms with van der Waals surface area (Å²) in [5, 5.41) is 2.84. The topological polar surface area (TPSA) is 84.9 Å². The van der Waals surface area contributed by atoms with E-state index in [-0.39, 0.29) is 12.2 Å². The summed E-state index contributed by atoms with van der Waals surface area (Å²) in [6.45, 7) is 4.77. The SMILES string of the molecule is Cc1cc(C)cc(COc2ccc(/C=C3\C(=O)NC(=O)N(c4ccc(OCc5ccccc5Cl)cc4)C3=O)cc2)c1. The van der Waals surface area contributed by atoms with Crippen LogP contribution >= 0.6 is 11.6 Å². The molecule has 0 unspecified atom stereocenters. The Labute approximate surface area is 243 Å².